The number of carbonyl (C=O) groups is 1. The highest BCUT2D eigenvalue weighted by Gasteiger charge is 2.30. The van der Waals surface area contributed by atoms with E-state index in [1.165, 1.54) is 6.42 Å². The number of nitrogens with zero attached hydrogens (tertiary/aromatic N) is 3. The molecule has 0 saturated carbocycles. The summed E-state index contributed by atoms with van der Waals surface area (Å²) in [4.78, 5) is 19.9. The second-order valence-corrected chi connectivity index (χ2v) is 6.92. The van der Waals surface area contributed by atoms with Crippen LogP contribution >= 0.6 is 0 Å². The van der Waals surface area contributed by atoms with Crippen molar-refractivity contribution in [1.82, 2.24) is 14.3 Å². The molecular weight excluding hydrogens is 302 g/mol. The number of hydrogen-bond donors (Lipinski definition) is 0. The van der Waals surface area contributed by atoms with Crippen molar-refractivity contribution < 1.29 is 9.53 Å². The molecule has 0 spiro atoms. The van der Waals surface area contributed by atoms with Gasteiger partial charge in [-0.25, -0.2) is 4.98 Å². The van der Waals surface area contributed by atoms with Crippen LogP contribution in [0, 0.1) is 11.8 Å². The second kappa shape index (κ2) is 6.83. The number of pyridine rings is 1. The molecule has 3 heterocycles. The molecule has 1 aliphatic heterocycles. The van der Waals surface area contributed by atoms with Gasteiger partial charge in [0.2, 0.25) is 0 Å². The molecule has 1 aliphatic rings. The molecule has 0 aliphatic carbocycles. The van der Waals surface area contributed by atoms with Gasteiger partial charge in [-0.05, 0) is 43.7 Å². The molecule has 2 aromatic rings. The lowest BCUT2D eigenvalue weighted by Crippen LogP contribution is -2.43. The number of carbonyl (C=O) groups excluding carboxylic acids is 1. The summed E-state index contributed by atoms with van der Waals surface area (Å²) in [6.07, 6.45) is 3.83. The molecule has 2 atom stereocenters. The van der Waals surface area contributed by atoms with E-state index in [-0.39, 0.29) is 5.91 Å². The minimum Gasteiger partial charge on any atom is -0.490 e. The smallest absolute Gasteiger partial charge is 0.272 e. The predicted molar refractivity (Wildman–Crippen MR) is 94.6 cm³/mol. The summed E-state index contributed by atoms with van der Waals surface area (Å²) in [7, 11) is 0. The summed E-state index contributed by atoms with van der Waals surface area (Å²) >= 11 is 0. The Balaban J connectivity index is 2.04. The highest BCUT2D eigenvalue weighted by molar-refractivity contribution is 5.95. The van der Waals surface area contributed by atoms with Crippen molar-refractivity contribution in [3.8, 4) is 5.75 Å². The molecule has 2 unspecified atom stereocenters. The predicted octanol–water partition coefficient (Wildman–Crippen LogP) is 3.41. The average molecular weight is 329 g/mol. The van der Waals surface area contributed by atoms with Crippen LogP contribution in [-0.4, -0.2) is 39.9 Å². The van der Waals surface area contributed by atoms with Gasteiger partial charge in [-0.3, -0.25) is 9.20 Å². The molecule has 1 amide bonds. The third-order valence-corrected chi connectivity index (χ3v) is 4.68. The topological polar surface area (TPSA) is 46.8 Å². The van der Waals surface area contributed by atoms with Crippen LogP contribution < -0.4 is 4.74 Å². The number of likely N-dealkylation sites (tertiary alicyclic amines) is 1. The highest BCUT2D eigenvalue weighted by Crippen LogP contribution is 2.26. The molecule has 0 N–H and O–H groups in total. The third-order valence-electron chi connectivity index (χ3n) is 4.68. The van der Waals surface area contributed by atoms with Crippen LogP contribution in [0.15, 0.2) is 18.3 Å². The summed E-state index contributed by atoms with van der Waals surface area (Å²) in [6.45, 7) is 10.7. The largest absolute Gasteiger partial charge is 0.490 e. The summed E-state index contributed by atoms with van der Waals surface area (Å²) < 4.78 is 7.58. The molecule has 0 aromatic carbocycles. The normalized spacial score (nSPS) is 21.2. The van der Waals surface area contributed by atoms with Gasteiger partial charge in [0.15, 0.2) is 11.4 Å². The Hall–Kier alpha value is -2.04. The van der Waals surface area contributed by atoms with Crippen molar-refractivity contribution in [3.05, 3.63) is 29.7 Å². The molecule has 1 saturated heterocycles. The number of aromatic nitrogens is 2. The Morgan fingerprint density at radius 2 is 2.00 bits per heavy atom. The first-order valence-corrected chi connectivity index (χ1v) is 8.97. The standard InChI is InChI=1S/C19H27N3O2/c1-5-15-17(19(23)21-11-13(3)10-14(4)12-21)22-9-7-8-16(24-6-2)18(22)20-15/h7-9,13-14H,5-6,10-12H2,1-4H3. The lowest BCUT2D eigenvalue weighted by Gasteiger charge is -2.35. The van der Waals surface area contributed by atoms with E-state index >= 15 is 0 Å². The van der Waals surface area contributed by atoms with E-state index in [1.807, 2.05) is 41.5 Å². The van der Waals surface area contributed by atoms with E-state index in [4.69, 9.17) is 9.72 Å². The Bertz CT molecular complexity index is 728. The number of hydrogen-bond acceptors (Lipinski definition) is 3. The second-order valence-electron chi connectivity index (χ2n) is 6.92. The van der Waals surface area contributed by atoms with E-state index in [2.05, 4.69) is 13.8 Å². The minimum atomic E-state index is 0.0893. The fourth-order valence-corrected chi connectivity index (χ4v) is 3.81. The molecule has 3 rings (SSSR count). The van der Waals surface area contributed by atoms with Crippen LogP contribution in [0.5, 0.6) is 5.75 Å². The van der Waals surface area contributed by atoms with Crippen LogP contribution in [-0.2, 0) is 6.42 Å². The van der Waals surface area contributed by atoms with Crippen molar-refractivity contribution in [1.29, 1.82) is 0 Å². The van der Waals surface area contributed by atoms with E-state index in [0.29, 0.717) is 24.1 Å². The maximum absolute atomic E-state index is 13.2. The Kier molecular flexibility index (Phi) is 4.78. The molecule has 5 heteroatoms. The summed E-state index contributed by atoms with van der Waals surface area (Å²) in [6, 6.07) is 3.82. The molecule has 0 radical (unpaired) electrons. The molecule has 130 valence electrons. The molecule has 5 nitrogen and oxygen atoms in total. The highest BCUT2D eigenvalue weighted by atomic mass is 16.5. The van der Waals surface area contributed by atoms with Gasteiger partial charge in [-0.2, -0.15) is 0 Å². The zero-order chi connectivity index (χ0) is 17.3. The lowest BCUT2D eigenvalue weighted by atomic mass is 9.91. The van der Waals surface area contributed by atoms with Crippen molar-refractivity contribution in [2.45, 2.75) is 40.5 Å². The van der Waals surface area contributed by atoms with Gasteiger partial charge in [0.1, 0.15) is 5.69 Å². The Morgan fingerprint density at radius 3 is 2.62 bits per heavy atom. The van der Waals surface area contributed by atoms with Gasteiger partial charge in [-0.1, -0.05) is 20.8 Å². The quantitative estimate of drug-likeness (QED) is 0.863. The fourth-order valence-electron chi connectivity index (χ4n) is 3.81. The molecule has 1 fully saturated rings. The van der Waals surface area contributed by atoms with Gasteiger partial charge in [0.25, 0.3) is 5.91 Å². The van der Waals surface area contributed by atoms with Crippen molar-refractivity contribution in [2.24, 2.45) is 11.8 Å². The number of imidazole rings is 1. The van der Waals surface area contributed by atoms with E-state index < -0.39 is 0 Å². The maximum atomic E-state index is 13.2. The lowest BCUT2D eigenvalue weighted by molar-refractivity contribution is 0.0615. The van der Waals surface area contributed by atoms with E-state index in [0.717, 1.165) is 36.6 Å². The summed E-state index contributed by atoms with van der Waals surface area (Å²) in [5, 5.41) is 0. The Labute approximate surface area is 143 Å². The Morgan fingerprint density at radius 1 is 1.29 bits per heavy atom. The molecule has 24 heavy (non-hydrogen) atoms. The first-order valence-electron chi connectivity index (χ1n) is 8.97. The SMILES string of the molecule is CCOc1cccn2c(C(=O)N3CC(C)CC(C)C3)c(CC)nc12. The van der Waals surface area contributed by atoms with E-state index in [9.17, 15) is 4.79 Å². The summed E-state index contributed by atoms with van der Waals surface area (Å²) in [5.74, 6) is 1.91. The van der Waals surface area contributed by atoms with Gasteiger partial charge in [-0.15, -0.1) is 0 Å². The van der Waals surface area contributed by atoms with Gasteiger partial charge >= 0.3 is 0 Å². The van der Waals surface area contributed by atoms with Crippen LogP contribution in [0.3, 0.4) is 0 Å². The summed E-state index contributed by atoms with van der Waals surface area (Å²) in [5.41, 5.74) is 2.27. The molecule has 2 aromatic heterocycles. The van der Waals surface area contributed by atoms with E-state index in [1.54, 1.807) is 0 Å². The zero-order valence-electron chi connectivity index (χ0n) is 15.1. The van der Waals surface area contributed by atoms with Crippen molar-refractivity contribution in [2.75, 3.05) is 19.7 Å². The van der Waals surface area contributed by atoms with Gasteiger partial charge in [0.05, 0.1) is 12.3 Å². The van der Waals surface area contributed by atoms with Gasteiger partial charge in [0, 0.05) is 19.3 Å². The fraction of sp³-hybridized carbons (Fsp3) is 0.579. The monoisotopic (exact) mass is 329 g/mol. The van der Waals surface area contributed by atoms with Gasteiger partial charge < -0.3 is 9.64 Å². The zero-order valence-corrected chi connectivity index (χ0v) is 15.1. The average Bonchev–Trinajstić information content (AvgIpc) is 2.93. The molecule has 0 bridgehead atoms. The minimum absolute atomic E-state index is 0.0893. The first-order chi connectivity index (χ1) is 11.5. The van der Waals surface area contributed by atoms with Crippen LogP contribution in [0.2, 0.25) is 0 Å². The van der Waals surface area contributed by atoms with Crippen molar-refractivity contribution in [3.63, 3.8) is 0 Å². The van der Waals surface area contributed by atoms with Crippen LogP contribution in [0.1, 0.15) is 50.3 Å². The number of aryl methyl sites for hydroxylation is 1. The number of ether oxygens (including phenoxy) is 1. The number of piperidine rings is 1. The number of amides is 1. The number of fused-ring (bicyclic) bond motifs is 1. The molecular formula is C19H27N3O2. The number of rotatable bonds is 4. The van der Waals surface area contributed by atoms with Crippen molar-refractivity contribution >= 4 is 11.6 Å². The van der Waals surface area contributed by atoms with Crippen LogP contribution in [0.25, 0.3) is 5.65 Å². The maximum Gasteiger partial charge on any atom is 0.272 e. The first kappa shape index (κ1) is 16.8. The third kappa shape index (κ3) is 2.99. The van der Waals surface area contributed by atoms with Crippen LogP contribution in [0.4, 0.5) is 0 Å².